The smallest absolute Gasteiger partial charge is 0.0619 e. The van der Waals surface area contributed by atoms with Crippen molar-refractivity contribution in [1.82, 2.24) is 9.13 Å². The SMILES string of the molecule is c1ccc(-n2c3cc4c(cc3c3ccc5ccccc5c32)c2ccccc2n4-c2ccc(-c3cccc4c3sc3ccccc34)cc2)cc1. The number of fused-ring (bicyclic) bond motifs is 11. The molecule has 0 N–H and O–H groups in total. The van der Waals surface area contributed by atoms with Crippen LogP contribution in [-0.4, -0.2) is 9.13 Å². The van der Waals surface area contributed by atoms with Crippen molar-refractivity contribution < 1.29 is 0 Å². The summed E-state index contributed by atoms with van der Waals surface area (Å²) in [7, 11) is 0. The summed E-state index contributed by atoms with van der Waals surface area (Å²) < 4.78 is 7.58. The molecule has 0 aliphatic heterocycles. The van der Waals surface area contributed by atoms with Crippen molar-refractivity contribution >= 4 is 85.9 Å². The van der Waals surface area contributed by atoms with Crippen molar-refractivity contribution in [3.05, 3.63) is 170 Å². The van der Waals surface area contributed by atoms with Crippen molar-refractivity contribution in [1.29, 1.82) is 0 Å². The minimum Gasteiger partial charge on any atom is -0.309 e. The lowest BCUT2D eigenvalue weighted by atomic mass is 10.0. The van der Waals surface area contributed by atoms with Crippen molar-refractivity contribution in [3.8, 4) is 22.5 Å². The van der Waals surface area contributed by atoms with Crippen LogP contribution in [0.3, 0.4) is 0 Å². The van der Waals surface area contributed by atoms with E-state index in [9.17, 15) is 0 Å². The zero-order valence-corrected chi connectivity index (χ0v) is 27.3. The fraction of sp³-hybridized carbons (Fsp3) is 0. The number of thiophene rings is 1. The van der Waals surface area contributed by atoms with Crippen molar-refractivity contribution in [2.45, 2.75) is 0 Å². The van der Waals surface area contributed by atoms with Crippen molar-refractivity contribution in [2.24, 2.45) is 0 Å². The van der Waals surface area contributed by atoms with Gasteiger partial charge >= 0.3 is 0 Å². The minimum atomic E-state index is 1.16. The Bertz CT molecular complexity index is 3090. The summed E-state index contributed by atoms with van der Waals surface area (Å²) in [6, 6.07) is 62.4. The molecule has 0 radical (unpaired) electrons. The second-order valence-electron chi connectivity index (χ2n) is 12.9. The minimum absolute atomic E-state index is 1.16. The number of rotatable bonds is 3. The van der Waals surface area contributed by atoms with Crippen molar-refractivity contribution in [2.75, 3.05) is 0 Å². The lowest BCUT2D eigenvalue weighted by Crippen LogP contribution is -1.96. The van der Waals surface area contributed by atoms with Gasteiger partial charge in [0.2, 0.25) is 0 Å². The first-order valence-electron chi connectivity index (χ1n) is 16.8. The van der Waals surface area contributed by atoms with Gasteiger partial charge in [0.25, 0.3) is 0 Å². The van der Waals surface area contributed by atoms with E-state index in [1.165, 1.54) is 91.4 Å². The predicted molar refractivity (Wildman–Crippen MR) is 211 cm³/mol. The van der Waals surface area contributed by atoms with Crippen molar-refractivity contribution in [3.63, 3.8) is 0 Å². The molecule has 0 saturated heterocycles. The Morgan fingerprint density at radius 2 is 1.04 bits per heavy atom. The highest BCUT2D eigenvalue weighted by atomic mass is 32.1. The average Bonchev–Trinajstić information content (AvgIpc) is 3.82. The molecule has 0 saturated carbocycles. The third-order valence-corrected chi connectivity index (χ3v) is 11.5. The number of hydrogen-bond acceptors (Lipinski definition) is 1. The molecule has 0 spiro atoms. The van der Waals surface area contributed by atoms with Gasteiger partial charge in [-0.3, -0.25) is 0 Å². The topological polar surface area (TPSA) is 9.86 Å². The van der Waals surface area contributed by atoms with Crippen LogP contribution in [0.1, 0.15) is 0 Å². The second-order valence-corrected chi connectivity index (χ2v) is 14.0. The summed E-state index contributed by atoms with van der Waals surface area (Å²) >= 11 is 1.88. The summed E-state index contributed by atoms with van der Waals surface area (Å²) in [6.45, 7) is 0. The van der Waals surface area contributed by atoms with E-state index < -0.39 is 0 Å². The molecule has 3 heteroatoms. The van der Waals surface area contributed by atoms with Gasteiger partial charge in [-0.05, 0) is 65.0 Å². The molecule has 0 amide bonds. The van der Waals surface area contributed by atoms with Gasteiger partial charge in [-0.2, -0.15) is 0 Å². The maximum absolute atomic E-state index is 2.46. The third-order valence-electron chi connectivity index (χ3n) is 10.3. The Hall–Kier alpha value is -6.16. The first-order valence-corrected chi connectivity index (χ1v) is 17.6. The van der Waals surface area contributed by atoms with Gasteiger partial charge in [0.1, 0.15) is 0 Å². The van der Waals surface area contributed by atoms with E-state index >= 15 is 0 Å². The number of hydrogen-bond donors (Lipinski definition) is 0. The zero-order chi connectivity index (χ0) is 32.1. The normalized spacial score (nSPS) is 12.1. The zero-order valence-electron chi connectivity index (χ0n) is 26.5. The van der Waals surface area contributed by atoms with E-state index in [-0.39, 0.29) is 0 Å². The van der Waals surface area contributed by atoms with E-state index in [4.69, 9.17) is 0 Å². The highest BCUT2D eigenvalue weighted by Crippen LogP contribution is 2.43. The number of benzene rings is 8. The summed E-state index contributed by atoms with van der Waals surface area (Å²) in [5.41, 5.74) is 9.73. The summed E-state index contributed by atoms with van der Waals surface area (Å²) in [4.78, 5) is 0. The lowest BCUT2D eigenvalue weighted by Gasteiger charge is -2.12. The molecule has 8 aromatic carbocycles. The maximum Gasteiger partial charge on any atom is 0.0619 e. The van der Waals surface area contributed by atoms with Crippen LogP contribution in [0.15, 0.2) is 170 Å². The van der Waals surface area contributed by atoms with E-state index in [1.807, 2.05) is 11.3 Å². The van der Waals surface area contributed by atoms with Crippen LogP contribution in [0.5, 0.6) is 0 Å². The standard InChI is InChI=1S/C46H28N2S/c1-2-12-31(13-3-1)48-43-28-42-39(27-40(43)37-26-23-29-11-4-5-14-33(29)45(37)48)35-15-6-8-19-41(35)47(42)32-24-21-30(22-25-32)34-17-10-18-38-36-16-7-9-20-44(36)49-46(34)38/h1-28H. The molecule has 3 aromatic heterocycles. The molecule has 0 bridgehead atoms. The van der Waals surface area contributed by atoms with Crippen LogP contribution in [0.2, 0.25) is 0 Å². The van der Waals surface area contributed by atoms with Crippen LogP contribution in [0.4, 0.5) is 0 Å². The van der Waals surface area contributed by atoms with Crippen LogP contribution >= 0.6 is 11.3 Å². The molecular weight excluding hydrogens is 613 g/mol. The highest BCUT2D eigenvalue weighted by molar-refractivity contribution is 7.26. The van der Waals surface area contributed by atoms with Gasteiger partial charge in [-0.15, -0.1) is 11.3 Å². The van der Waals surface area contributed by atoms with E-state index in [0.717, 1.165) is 5.69 Å². The Balaban J connectivity index is 1.18. The summed E-state index contributed by atoms with van der Waals surface area (Å²) in [6.07, 6.45) is 0. The Labute approximate surface area is 286 Å². The number of para-hydroxylation sites is 2. The monoisotopic (exact) mass is 640 g/mol. The van der Waals surface area contributed by atoms with Gasteiger partial charge in [-0.25, -0.2) is 0 Å². The molecule has 0 aliphatic rings. The molecule has 49 heavy (non-hydrogen) atoms. The van der Waals surface area contributed by atoms with Crippen LogP contribution in [0, 0.1) is 0 Å². The lowest BCUT2D eigenvalue weighted by molar-refractivity contribution is 1.17. The Kier molecular flexibility index (Phi) is 5.57. The quantitative estimate of drug-likeness (QED) is 0.182. The van der Waals surface area contributed by atoms with Gasteiger partial charge in [0, 0.05) is 58.5 Å². The molecule has 0 atom stereocenters. The molecular formula is C46H28N2S. The van der Waals surface area contributed by atoms with E-state index in [1.54, 1.807) is 0 Å². The first-order chi connectivity index (χ1) is 24.3. The number of aromatic nitrogens is 2. The van der Waals surface area contributed by atoms with Gasteiger partial charge in [0.05, 0.1) is 22.1 Å². The molecule has 2 nitrogen and oxygen atoms in total. The third kappa shape index (κ3) is 3.82. The molecule has 0 fully saturated rings. The first kappa shape index (κ1) is 26.9. The Morgan fingerprint density at radius 1 is 0.367 bits per heavy atom. The summed E-state index contributed by atoms with van der Waals surface area (Å²) in [5.74, 6) is 0. The second kappa shape index (κ2) is 10.2. The average molecular weight is 641 g/mol. The van der Waals surface area contributed by atoms with Crippen LogP contribution in [-0.2, 0) is 0 Å². The molecule has 11 rings (SSSR count). The fourth-order valence-corrected chi connectivity index (χ4v) is 9.36. The molecule has 0 unspecified atom stereocenters. The number of nitrogens with zero attached hydrogens (tertiary/aromatic N) is 2. The molecule has 11 aromatic rings. The largest absolute Gasteiger partial charge is 0.309 e. The van der Waals surface area contributed by atoms with Crippen LogP contribution in [0.25, 0.3) is 97.1 Å². The van der Waals surface area contributed by atoms with E-state index in [0.29, 0.717) is 0 Å². The molecule has 0 aliphatic carbocycles. The maximum atomic E-state index is 2.46. The van der Waals surface area contributed by atoms with Gasteiger partial charge in [0.15, 0.2) is 0 Å². The highest BCUT2D eigenvalue weighted by Gasteiger charge is 2.20. The summed E-state index contributed by atoms with van der Waals surface area (Å²) in [5, 5.41) is 10.3. The van der Waals surface area contributed by atoms with Crippen LogP contribution < -0.4 is 0 Å². The molecule has 3 heterocycles. The molecule has 228 valence electrons. The van der Waals surface area contributed by atoms with Gasteiger partial charge < -0.3 is 9.13 Å². The van der Waals surface area contributed by atoms with Gasteiger partial charge in [-0.1, -0.05) is 121 Å². The van der Waals surface area contributed by atoms with E-state index in [2.05, 4.69) is 179 Å². The fourth-order valence-electron chi connectivity index (χ4n) is 8.13. The Morgan fingerprint density at radius 3 is 1.92 bits per heavy atom. The predicted octanol–water partition coefficient (Wildman–Crippen LogP) is 13.1.